The highest BCUT2D eigenvalue weighted by Gasteiger charge is 2.35. The highest BCUT2D eigenvalue weighted by Crippen LogP contribution is 2.27. The minimum Gasteiger partial charge on any atom is -0.465 e. The van der Waals surface area contributed by atoms with E-state index in [-0.39, 0.29) is 24.2 Å². The van der Waals surface area contributed by atoms with Gasteiger partial charge in [-0.15, -0.1) is 0 Å². The van der Waals surface area contributed by atoms with E-state index < -0.39 is 47.7 Å². The van der Waals surface area contributed by atoms with Crippen molar-refractivity contribution < 1.29 is 33.8 Å². The zero-order valence-electron chi connectivity index (χ0n) is 21.8. The summed E-state index contributed by atoms with van der Waals surface area (Å²) >= 11 is 0. The van der Waals surface area contributed by atoms with Crippen LogP contribution in [0.5, 0.6) is 0 Å². The topological polar surface area (TPSA) is 163 Å². The van der Waals surface area contributed by atoms with Gasteiger partial charge in [0.1, 0.15) is 18.4 Å². The summed E-state index contributed by atoms with van der Waals surface area (Å²) in [4.78, 5) is 61.5. The molecule has 1 aliphatic carbocycles. The maximum atomic E-state index is 13.3. The lowest BCUT2D eigenvalue weighted by molar-refractivity contribution is -0.136. The molecule has 0 aromatic heterocycles. The van der Waals surface area contributed by atoms with Crippen LogP contribution in [0.25, 0.3) is 0 Å². The Morgan fingerprint density at radius 1 is 1.06 bits per heavy atom. The Morgan fingerprint density at radius 3 is 2.25 bits per heavy atom. The molecule has 3 unspecified atom stereocenters. The van der Waals surface area contributed by atoms with Crippen molar-refractivity contribution in [2.75, 3.05) is 6.54 Å². The van der Waals surface area contributed by atoms with Crippen molar-refractivity contribution in [1.82, 2.24) is 21.3 Å². The fourth-order valence-electron chi connectivity index (χ4n) is 5.01. The third-order valence-corrected chi connectivity index (χ3v) is 6.69. The summed E-state index contributed by atoms with van der Waals surface area (Å²) in [6, 6.07) is -3.07. The number of carbonyl (C=O) groups excluding carboxylic acids is 4. The quantitative estimate of drug-likeness (QED) is 0.248. The molecule has 0 bridgehead atoms. The van der Waals surface area contributed by atoms with E-state index in [0.717, 1.165) is 32.1 Å². The molecule has 2 aliphatic rings. The zero-order chi connectivity index (χ0) is 26.9. The van der Waals surface area contributed by atoms with Gasteiger partial charge < -0.3 is 35.9 Å². The summed E-state index contributed by atoms with van der Waals surface area (Å²) in [7, 11) is 0. The van der Waals surface area contributed by atoms with Gasteiger partial charge in [0.05, 0.1) is 17.7 Å². The molecule has 1 saturated carbocycles. The second kappa shape index (κ2) is 13.6. The van der Waals surface area contributed by atoms with Gasteiger partial charge in [0, 0.05) is 12.5 Å². The summed E-state index contributed by atoms with van der Waals surface area (Å²) in [6.45, 7) is 7.51. The average molecular weight is 511 g/mol. The van der Waals surface area contributed by atoms with Crippen LogP contribution in [0.15, 0.2) is 0 Å². The van der Waals surface area contributed by atoms with Crippen molar-refractivity contribution in [2.24, 2.45) is 11.8 Å². The normalized spacial score (nSPS) is 22.0. The summed E-state index contributed by atoms with van der Waals surface area (Å²) in [5, 5.41) is 19.6. The molecule has 0 aromatic rings. The van der Waals surface area contributed by atoms with Crippen LogP contribution in [-0.4, -0.2) is 71.6 Å². The van der Waals surface area contributed by atoms with E-state index >= 15 is 0 Å². The van der Waals surface area contributed by atoms with E-state index in [0.29, 0.717) is 25.7 Å². The molecule has 1 heterocycles. The van der Waals surface area contributed by atoms with Gasteiger partial charge in [0.25, 0.3) is 0 Å². The molecule has 0 aromatic carbocycles. The summed E-state index contributed by atoms with van der Waals surface area (Å²) in [5.74, 6) is -1.48. The fourth-order valence-corrected chi connectivity index (χ4v) is 5.01. The van der Waals surface area contributed by atoms with Gasteiger partial charge in [-0.25, -0.2) is 4.79 Å². The first-order valence-electron chi connectivity index (χ1n) is 12.9. The van der Waals surface area contributed by atoms with Crippen LogP contribution in [0.2, 0.25) is 0 Å². The summed E-state index contributed by atoms with van der Waals surface area (Å²) in [5.41, 5.74) is -0.624. The number of ether oxygens (including phenoxy) is 1. The van der Waals surface area contributed by atoms with Crippen LogP contribution in [0.3, 0.4) is 0 Å². The molecule has 1 saturated heterocycles. The molecule has 5 N–H and O–H groups in total. The molecule has 204 valence electrons. The zero-order valence-corrected chi connectivity index (χ0v) is 21.8. The van der Waals surface area contributed by atoms with Gasteiger partial charge in [-0.1, -0.05) is 32.1 Å². The largest absolute Gasteiger partial charge is 0.465 e. The van der Waals surface area contributed by atoms with Crippen LogP contribution in [0, 0.1) is 11.8 Å². The lowest BCUT2D eigenvalue weighted by Crippen LogP contribution is -2.59. The van der Waals surface area contributed by atoms with Gasteiger partial charge in [-0.2, -0.15) is 0 Å². The highest BCUT2D eigenvalue weighted by molar-refractivity contribution is 5.92. The SMILES string of the molecule is C[C@@H](OC(C)(C)C)[C@H](NC(=O)O)C(=O)NC(CC1CCCCC1)C(=O)NC(C=O)CC1CCNC1=O. The Labute approximate surface area is 212 Å². The Morgan fingerprint density at radius 2 is 1.72 bits per heavy atom. The molecular weight excluding hydrogens is 468 g/mol. The monoisotopic (exact) mass is 510 g/mol. The van der Waals surface area contributed by atoms with Crippen LogP contribution in [0.4, 0.5) is 4.79 Å². The van der Waals surface area contributed by atoms with Crippen molar-refractivity contribution in [1.29, 1.82) is 0 Å². The van der Waals surface area contributed by atoms with Crippen molar-refractivity contribution >= 4 is 30.1 Å². The van der Waals surface area contributed by atoms with Crippen molar-refractivity contribution in [3.63, 3.8) is 0 Å². The maximum absolute atomic E-state index is 13.3. The molecule has 0 spiro atoms. The first-order chi connectivity index (χ1) is 16.9. The summed E-state index contributed by atoms with van der Waals surface area (Å²) in [6.07, 6.45) is 4.65. The Kier molecular flexibility index (Phi) is 11.1. The number of hydrogen-bond acceptors (Lipinski definition) is 6. The van der Waals surface area contributed by atoms with Crippen molar-refractivity contribution in [3.8, 4) is 0 Å². The first kappa shape index (κ1) is 29.5. The van der Waals surface area contributed by atoms with E-state index in [2.05, 4.69) is 21.3 Å². The van der Waals surface area contributed by atoms with Crippen LogP contribution in [0.1, 0.15) is 79.1 Å². The number of hydrogen-bond donors (Lipinski definition) is 5. The predicted octanol–water partition coefficient (Wildman–Crippen LogP) is 1.49. The van der Waals surface area contributed by atoms with Gasteiger partial charge in [-0.05, 0) is 52.9 Å². The molecule has 4 amide bonds. The number of nitrogens with one attached hydrogen (secondary N) is 4. The lowest BCUT2D eigenvalue weighted by Gasteiger charge is -2.32. The molecule has 11 nitrogen and oxygen atoms in total. The summed E-state index contributed by atoms with van der Waals surface area (Å²) < 4.78 is 5.81. The maximum Gasteiger partial charge on any atom is 0.405 e. The number of amides is 4. The van der Waals surface area contributed by atoms with Gasteiger partial charge >= 0.3 is 6.09 Å². The molecule has 2 fully saturated rings. The van der Waals surface area contributed by atoms with Gasteiger partial charge in [0.2, 0.25) is 17.7 Å². The van der Waals surface area contributed by atoms with Gasteiger partial charge in [-0.3, -0.25) is 14.4 Å². The van der Waals surface area contributed by atoms with E-state index in [1.54, 1.807) is 27.7 Å². The predicted molar refractivity (Wildman–Crippen MR) is 132 cm³/mol. The second-order valence-corrected chi connectivity index (χ2v) is 10.9. The molecular formula is C25H42N4O7. The van der Waals surface area contributed by atoms with E-state index in [1.165, 1.54) is 0 Å². The third-order valence-electron chi connectivity index (χ3n) is 6.69. The number of aldehydes is 1. The second-order valence-electron chi connectivity index (χ2n) is 10.9. The smallest absolute Gasteiger partial charge is 0.405 e. The molecule has 0 radical (unpaired) electrons. The number of carboxylic acid groups (broad SMARTS) is 1. The third kappa shape index (κ3) is 9.75. The average Bonchev–Trinajstić information content (AvgIpc) is 3.19. The minimum atomic E-state index is -1.39. The molecule has 2 rings (SSSR count). The lowest BCUT2D eigenvalue weighted by atomic mass is 9.84. The van der Waals surface area contributed by atoms with Crippen LogP contribution in [-0.2, 0) is 23.9 Å². The number of rotatable bonds is 12. The molecule has 1 aliphatic heterocycles. The van der Waals surface area contributed by atoms with E-state index in [1.807, 2.05) is 0 Å². The van der Waals surface area contributed by atoms with Crippen LogP contribution >= 0.6 is 0 Å². The van der Waals surface area contributed by atoms with Gasteiger partial charge in [0.15, 0.2) is 0 Å². The van der Waals surface area contributed by atoms with E-state index in [4.69, 9.17) is 4.74 Å². The Balaban J connectivity index is 2.15. The molecule has 5 atom stereocenters. The highest BCUT2D eigenvalue weighted by atomic mass is 16.5. The first-order valence-corrected chi connectivity index (χ1v) is 12.9. The Bertz CT molecular complexity index is 792. The molecule has 36 heavy (non-hydrogen) atoms. The number of carbonyl (C=O) groups is 5. The minimum absolute atomic E-state index is 0.140. The molecule has 11 heteroatoms. The van der Waals surface area contributed by atoms with Crippen molar-refractivity contribution in [2.45, 2.75) is 109 Å². The van der Waals surface area contributed by atoms with Crippen molar-refractivity contribution in [3.05, 3.63) is 0 Å². The van der Waals surface area contributed by atoms with E-state index in [9.17, 15) is 29.1 Å². The standard InChI is InChI=1S/C25H42N4O7/c1-15(36-25(2,3)4)20(29-24(34)35)23(33)28-19(12-16-8-6-5-7-9-16)22(32)27-18(14-30)13-17-10-11-26-21(17)31/h14-20,29H,5-13H2,1-4H3,(H,26,31)(H,27,32)(H,28,33)(H,34,35)/t15-,17?,18?,19?,20+/m1/s1. The Hall–Kier alpha value is -2.69. The fraction of sp³-hybridized carbons (Fsp3) is 0.800. The van der Waals surface area contributed by atoms with Crippen LogP contribution < -0.4 is 21.3 Å².